The first-order valence-electron chi connectivity index (χ1n) is 6.07. The van der Waals surface area contributed by atoms with Crippen LogP contribution in [0.1, 0.15) is 18.4 Å². The standard InChI is InChI=1S/C14H18N2OS/c1-3-11(15)8-14-16-13(9-18-14)10-4-6-12(17-2)7-5-10/h4-7,9,11H,3,8,15H2,1-2H3. The van der Waals surface area contributed by atoms with Crippen molar-refractivity contribution in [1.29, 1.82) is 0 Å². The Hall–Kier alpha value is -1.39. The van der Waals surface area contributed by atoms with Crippen LogP contribution in [0.15, 0.2) is 29.6 Å². The maximum absolute atomic E-state index is 5.94. The molecular weight excluding hydrogens is 244 g/mol. The zero-order chi connectivity index (χ0) is 13.0. The fourth-order valence-electron chi connectivity index (χ4n) is 1.67. The number of nitrogens with two attached hydrogens (primary N) is 1. The van der Waals surface area contributed by atoms with Crippen molar-refractivity contribution in [1.82, 2.24) is 4.98 Å². The van der Waals surface area contributed by atoms with Gasteiger partial charge >= 0.3 is 0 Å². The van der Waals surface area contributed by atoms with Crippen molar-refractivity contribution in [3.05, 3.63) is 34.7 Å². The van der Waals surface area contributed by atoms with Crippen molar-refractivity contribution in [2.24, 2.45) is 5.73 Å². The lowest BCUT2D eigenvalue weighted by molar-refractivity contribution is 0.415. The third-order valence-electron chi connectivity index (χ3n) is 2.90. The van der Waals surface area contributed by atoms with Gasteiger partial charge in [0.15, 0.2) is 0 Å². The minimum atomic E-state index is 0.208. The quantitative estimate of drug-likeness (QED) is 0.900. The number of benzene rings is 1. The molecule has 1 aromatic heterocycles. The summed E-state index contributed by atoms with van der Waals surface area (Å²) in [5, 5.41) is 3.19. The summed E-state index contributed by atoms with van der Waals surface area (Å²) < 4.78 is 5.14. The van der Waals surface area contributed by atoms with E-state index in [0.29, 0.717) is 0 Å². The lowest BCUT2D eigenvalue weighted by Gasteiger charge is -2.04. The highest BCUT2D eigenvalue weighted by atomic mass is 32.1. The second-order valence-electron chi connectivity index (χ2n) is 4.23. The summed E-state index contributed by atoms with van der Waals surface area (Å²) in [6, 6.07) is 8.16. The molecule has 0 bridgehead atoms. The normalized spacial score (nSPS) is 12.4. The monoisotopic (exact) mass is 262 g/mol. The molecule has 0 aliphatic rings. The van der Waals surface area contributed by atoms with Crippen LogP contribution in [0, 0.1) is 0 Å². The largest absolute Gasteiger partial charge is 0.497 e. The average molecular weight is 262 g/mol. The van der Waals surface area contributed by atoms with Crippen molar-refractivity contribution < 1.29 is 4.74 Å². The summed E-state index contributed by atoms with van der Waals surface area (Å²) in [6.45, 7) is 2.10. The van der Waals surface area contributed by atoms with E-state index in [-0.39, 0.29) is 6.04 Å². The van der Waals surface area contributed by atoms with E-state index in [1.54, 1.807) is 18.4 Å². The molecule has 1 heterocycles. The van der Waals surface area contributed by atoms with Crippen molar-refractivity contribution in [2.75, 3.05) is 7.11 Å². The Balaban J connectivity index is 2.13. The molecule has 96 valence electrons. The van der Waals surface area contributed by atoms with Crippen LogP contribution in [0.2, 0.25) is 0 Å². The van der Waals surface area contributed by atoms with Crippen molar-refractivity contribution in [2.45, 2.75) is 25.8 Å². The van der Waals surface area contributed by atoms with Crippen LogP contribution in [0.3, 0.4) is 0 Å². The van der Waals surface area contributed by atoms with E-state index in [1.807, 2.05) is 24.3 Å². The molecule has 0 spiro atoms. The van der Waals surface area contributed by atoms with Gasteiger partial charge in [-0.1, -0.05) is 6.92 Å². The highest BCUT2D eigenvalue weighted by Gasteiger charge is 2.08. The van der Waals surface area contributed by atoms with E-state index < -0.39 is 0 Å². The van der Waals surface area contributed by atoms with Crippen molar-refractivity contribution in [3.63, 3.8) is 0 Å². The zero-order valence-electron chi connectivity index (χ0n) is 10.7. The third-order valence-corrected chi connectivity index (χ3v) is 3.77. The number of nitrogens with zero attached hydrogens (tertiary/aromatic N) is 1. The van der Waals surface area contributed by atoms with Gasteiger partial charge in [-0.15, -0.1) is 11.3 Å². The van der Waals surface area contributed by atoms with Crippen LogP contribution >= 0.6 is 11.3 Å². The van der Waals surface area contributed by atoms with Crippen LogP contribution < -0.4 is 10.5 Å². The molecule has 1 atom stereocenters. The second-order valence-corrected chi connectivity index (χ2v) is 5.17. The molecule has 0 fully saturated rings. The van der Waals surface area contributed by atoms with Gasteiger partial charge in [-0.3, -0.25) is 0 Å². The summed E-state index contributed by atoms with van der Waals surface area (Å²) in [7, 11) is 1.67. The van der Waals surface area contributed by atoms with Gasteiger partial charge in [0.1, 0.15) is 5.75 Å². The van der Waals surface area contributed by atoms with Gasteiger partial charge in [0, 0.05) is 23.4 Å². The summed E-state index contributed by atoms with van der Waals surface area (Å²) in [4.78, 5) is 4.62. The maximum atomic E-state index is 5.94. The van der Waals surface area contributed by atoms with Gasteiger partial charge in [0.2, 0.25) is 0 Å². The number of methoxy groups -OCH3 is 1. The molecule has 2 rings (SSSR count). The van der Waals surface area contributed by atoms with Crippen molar-refractivity contribution in [3.8, 4) is 17.0 Å². The first-order valence-corrected chi connectivity index (χ1v) is 6.95. The fraction of sp³-hybridized carbons (Fsp3) is 0.357. The minimum Gasteiger partial charge on any atom is -0.497 e. The van der Waals surface area contributed by atoms with Gasteiger partial charge in [0.05, 0.1) is 17.8 Å². The molecule has 0 aliphatic carbocycles. The highest BCUT2D eigenvalue weighted by molar-refractivity contribution is 7.09. The van der Waals surface area contributed by atoms with E-state index in [9.17, 15) is 0 Å². The number of thiazole rings is 1. The Bertz CT molecular complexity index is 493. The number of hydrogen-bond acceptors (Lipinski definition) is 4. The summed E-state index contributed by atoms with van der Waals surface area (Å²) in [5.74, 6) is 0.863. The van der Waals surface area contributed by atoms with E-state index in [0.717, 1.165) is 34.9 Å². The predicted molar refractivity (Wildman–Crippen MR) is 76.1 cm³/mol. The van der Waals surface area contributed by atoms with E-state index in [4.69, 9.17) is 10.5 Å². The molecule has 1 unspecified atom stereocenters. The first-order chi connectivity index (χ1) is 8.72. The Morgan fingerprint density at radius 3 is 2.67 bits per heavy atom. The van der Waals surface area contributed by atoms with Gasteiger partial charge < -0.3 is 10.5 Å². The van der Waals surface area contributed by atoms with E-state index >= 15 is 0 Å². The molecule has 0 saturated heterocycles. The molecule has 3 nitrogen and oxygen atoms in total. The Morgan fingerprint density at radius 2 is 2.06 bits per heavy atom. The summed E-state index contributed by atoms with van der Waals surface area (Å²) >= 11 is 1.68. The molecule has 0 saturated carbocycles. The van der Waals surface area contributed by atoms with Crippen LogP contribution in [0.25, 0.3) is 11.3 Å². The molecule has 0 radical (unpaired) electrons. The molecule has 0 amide bonds. The summed E-state index contributed by atoms with van der Waals surface area (Å²) in [6.07, 6.45) is 1.84. The first kappa shape index (κ1) is 13.1. The predicted octanol–water partition coefficient (Wildman–Crippen LogP) is 3.10. The van der Waals surface area contributed by atoms with E-state index in [2.05, 4.69) is 17.3 Å². The number of ether oxygens (including phenoxy) is 1. The SMILES string of the molecule is CCC(N)Cc1nc(-c2ccc(OC)cc2)cs1. The van der Waals surface area contributed by atoms with Gasteiger partial charge in [-0.05, 0) is 30.7 Å². The van der Waals surface area contributed by atoms with Crippen LogP contribution in [0.4, 0.5) is 0 Å². The van der Waals surface area contributed by atoms with Crippen LogP contribution in [-0.4, -0.2) is 18.1 Å². The average Bonchev–Trinajstić information content (AvgIpc) is 2.87. The van der Waals surface area contributed by atoms with Gasteiger partial charge in [0.25, 0.3) is 0 Å². The molecule has 4 heteroatoms. The topological polar surface area (TPSA) is 48.1 Å². The number of hydrogen-bond donors (Lipinski definition) is 1. The number of aromatic nitrogens is 1. The highest BCUT2D eigenvalue weighted by Crippen LogP contribution is 2.24. The van der Waals surface area contributed by atoms with Gasteiger partial charge in [-0.25, -0.2) is 4.98 Å². The smallest absolute Gasteiger partial charge is 0.118 e. The van der Waals surface area contributed by atoms with Gasteiger partial charge in [-0.2, -0.15) is 0 Å². The summed E-state index contributed by atoms with van der Waals surface area (Å²) in [5.41, 5.74) is 8.07. The van der Waals surface area contributed by atoms with Crippen LogP contribution in [0.5, 0.6) is 5.75 Å². The zero-order valence-corrected chi connectivity index (χ0v) is 11.5. The fourth-order valence-corrected chi connectivity index (χ4v) is 2.57. The minimum absolute atomic E-state index is 0.208. The molecular formula is C14H18N2OS. The molecule has 0 aliphatic heterocycles. The number of rotatable bonds is 5. The Morgan fingerprint density at radius 1 is 1.33 bits per heavy atom. The Kier molecular flexibility index (Phi) is 4.33. The molecule has 2 N–H and O–H groups in total. The lowest BCUT2D eigenvalue weighted by Crippen LogP contribution is -2.21. The Labute approximate surface area is 112 Å². The molecule has 18 heavy (non-hydrogen) atoms. The second kappa shape index (κ2) is 5.98. The van der Waals surface area contributed by atoms with Crippen molar-refractivity contribution >= 4 is 11.3 Å². The lowest BCUT2D eigenvalue weighted by atomic mass is 10.1. The van der Waals surface area contributed by atoms with E-state index in [1.165, 1.54) is 0 Å². The third kappa shape index (κ3) is 3.09. The van der Waals surface area contributed by atoms with Crippen LogP contribution in [-0.2, 0) is 6.42 Å². The molecule has 2 aromatic rings. The maximum Gasteiger partial charge on any atom is 0.118 e. The molecule has 1 aromatic carbocycles.